The van der Waals surface area contributed by atoms with Gasteiger partial charge in [0.15, 0.2) is 0 Å². The Morgan fingerprint density at radius 3 is 2.48 bits per heavy atom. The van der Waals surface area contributed by atoms with Gasteiger partial charge in [0.1, 0.15) is 0 Å². The minimum Gasteiger partial charge on any atom is -0.373 e. The monoisotopic (exact) mass is 338 g/mol. The fraction of sp³-hybridized carbons (Fsp3) is 0.562. The number of carbonyl (C=O) groups excluding carboxylic acids is 1. The van der Waals surface area contributed by atoms with Crippen molar-refractivity contribution < 1.29 is 17.9 Å². The second kappa shape index (κ2) is 6.22. The molecule has 1 aromatic rings. The van der Waals surface area contributed by atoms with Crippen molar-refractivity contribution in [3.8, 4) is 0 Å². The first-order valence-electron chi connectivity index (χ1n) is 7.93. The third-order valence-electron chi connectivity index (χ3n) is 4.03. The molecule has 1 saturated carbocycles. The third-order valence-corrected chi connectivity index (χ3v) is 5.86. The van der Waals surface area contributed by atoms with Crippen LogP contribution >= 0.6 is 0 Å². The van der Waals surface area contributed by atoms with Crippen LogP contribution in [0, 0.1) is 0 Å². The third kappa shape index (κ3) is 3.73. The summed E-state index contributed by atoms with van der Waals surface area (Å²) in [5.74, 6) is -0.215. The maximum atomic E-state index is 12.8. The predicted molar refractivity (Wildman–Crippen MR) is 85.7 cm³/mol. The number of hydrogen-bond acceptors (Lipinski definition) is 4. The van der Waals surface area contributed by atoms with E-state index in [4.69, 9.17) is 4.74 Å². The van der Waals surface area contributed by atoms with Crippen LogP contribution in [0.3, 0.4) is 0 Å². The van der Waals surface area contributed by atoms with Gasteiger partial charge in [0.2, 0.25) is 10.0 Å². The molecule has 6 nitrogen and oxygen atoms in total. The number of amides is 1. The molecule has 1 aliphatic heterocycles. The van der Waals surface area contributed by atoms with Crippen LogP contribution in [-0.2, 0) is 14.8 Å². The molecule has 2 atom stereocenters. The summed E-state index contributed by atoms with van der Waals surface area (Å²) >= 11 is 0. The van der Waals surface area contributed by atoms with Gasteiger partial charge in [0, 0.05) is 24.7 Å². The standard InChI is InChI=1S/C16H22N2O4S/c1-11-9-18(10-12(2)22-11)23(20,21)15-5-3-4-13(8-15)16(19)17-14-6-7-14/h3-5,8,11-12,14H,6-7,9-10H2,1-2H3,(H,17,19)/t11-,12+. The number of nitrogens with zero attached hydrogens (tertiary/aromatic N) is 1. The molecule has 1 heterocycles. The Morgan fingerprint density at radius 1 is 1.22 bits per heavy atom. The minimum absolute atomic E-state index is 0.144. The second-order valence-corrected chi connectivity index (χ2v) is 8.29. The average Bonchev–Trinajstić information content (AvgIpc) is 3.30. The van der Waals surface area contributed by atoms with Crippen LogP contribution in [0.15, 0.2) is 29.2 Å². The second-order valence-electron chi connectivity index (χ2n) is 6.35. The van der Waals surface area contributed by atoms with Crippen molar-refractivity contribution in [3.05, 3.63) is 29.8 Å². The van der Waals surface area contributed by atoms with E-state index in [2.05, 4.69) is 5.32 Å². The van der Waals surface area contributed by atoms with Gasteiger partial charge < -0.3 is 10.1 Å². The topological polar surface area (TPSA) is 75.7 Å². The normalized spacial score (nSPS) is 26.0. The van der Waals surface area contributed by atoms with Crippen molar-refractivity contribution in [3.63, 3.8) is 0 Å². The highest BCUT2D eigenvalue weighted by molar-refractivity contribution is 7.89. The molecular weight excluding hydrogens is 316 g/mol. The Balaban J connectivity index is 1.83. The van der Waals surface area contributed by atoms with Crippen LogP contribution in [0.1, 0.15) is 37.0 Å². The Hall–Kier alpha value is -1.44. The van der Waals surface area contributed by atoms with Gasteiger partial charge in [-0.15, -0.1) is 0 Å². The van der Waals surface area contributed by atoms with E-state index in [0.717, 1.165) is 12.8 Å². The average molecular weight is 338 g/mol. The van der Waals surface area contributed by atoms with Crippen molar-refractivity contribution in [1.29, 1.82) is 0 Å². The Morgan fingerprint density at radius 2 is 1.87 bits per heavy atom. The smallest absolute Gasteiger partial charge is 0.251 e. The van der Waals surface area contributed by atoms with Gasteiger partial charge in [-0.3, -0.25) is 4.79 Å². The lowest BCUT2D eigenvalue weighted by molar-refractivity contribution is -0.0440. The SMILES string of the molecule is C[C@@H]1CN(S(=O)(=O)c2cccc(C(=O)NC3CC3)c2)C[C@H](C)O1. The summed E-state index contributed by atoms with van der Waals surface area (Å²) in [5, 5.41) is 2.88. The first kappa shape index (κ1) is 16.4. The number of nitrogens with one attached hydrogen (secondary N) is 1. The fourth-order valence-corrected chi connectivity index (χ4v) is 4.41. The van der Waals surface area contributed by atoms with Crippen LogP contribution in [-0.4, -0.2) is 50.0 Å². The minimum atomic E-state index is -3.62. The lowest BCUT2D eigenvalue weighted by Gasteiger charge is -2.34. The van der Waals surface area contributed by atoms with Gasteiger partial charge >= 0.3 is 0 Å². The fourth-order valence-electron chi connectivity index (χ4n) is 2.77. The maximum absolute atomic E-state index is 12.8. The van der Waals surface area contributed by atoms with Gasteiger partial charge in [0.25, 0.3) is 5.91 Å². The van der Waals surface area contributed by atoms with Crippen LogP contribution in [0.25, 0.3) is 0 Å². The van der Waals surface area contributed by atoms with E-state index in [0.29, 0.717) is 18.7 Å². The molecule has 2 aliphatic rings. The van der Waals surface area contributed by atoms with E-state index in [-0.39, 0.29) is 29.1 Å². The van der Waals surface area contributed by atoms with Gasteiger partial charge in [-0.2, -0.15) is 4.31 Å². The molecule has 126 valence electrons. The van der Waals surface area contributed by atoms with E-state index >= 15 is 0 Å². The van der Waals surface area contributed by atoms with Crippen molar-refractivity contribution in [2.75, 3.05) is 13.1 Å². The Bertz CT molecular complexity index is 690. The molecule has 1 N–H and O–H groups in total. The molecule has 1 aliphatic carbocycles. The van der Waals surface area contributed by atoms with Crippen molar-refractivity contribution in [1.82, 2.24) is 9.62 Å². The molecule has 7 heteroatoms. The molecule has 3 rings (SSSR count). The summed E-state index contributed by atoms with van der Waals surface area (Å²) in [5.41, 5.74) is 0.382. The predicted octanol–water partition coefficient (Wildman–Crippen LogP) is 1.38. The van der Waals surface area contributed by atoms with E-state index in [9.17, 15) is 13.2 Å². The van der Waals surface area contributed by atoms with E-state index in [1.807, 2.05) is 13.8 Å². The summed E-state index contributed by atoms with van der Waals surface area (Å²) in [6, 6.07) is 6.48. The van der Waals surface area contributed by atoms with E-state index < -0.39 is 10.0 Å². The quantitative estimate of drug-likeness (QED) is 0.900. The molecular formula is C16H22N2O4S. The molecule has 1 amide bonds. The number of benzene rings is 1. The van der Waals surface area contributed by atoms with Crippen LogP contribution in [0.2, 0.25) is 0 Å². The van der Waals surface area contributed by atoms with Crippen molar-refractivity contribution >= 4 is 15.9 Å². The van der Waals surface area contributed by atoms with Gasteiger partial charge in [-0.05, 0) is 44.9 Å². The van der Waals surface area contributed by atoms with Crippen LogP contribution in [0.5, 0.6) is 0 Å². The summed E-state index contributed by atoms with van der Waals surface area (Å²) in [6.45, 7) is 4.37. The summed E-state index contributed by atoms with van der Waals surface area (Å²) in [7, 11) is -3.62. The van der Waals surface area contributed by atoms with Crippen LogP contribution < -0.4 is 5.32 Å². The highest BCUT2D eigenvalue weighted by Crippen LogP contribution is 2.23. The lowest BCUT2D eigenvalue weighted by Crippen LogP contribution is -2.48. The van der Waals surface area contributed by atoms with Gasteiger partial charge in [-0.1, -0.05) is 6.07 Å². The van der Waals surface area contributed by atoms with Crippen molar-refractivity contribution in [2.45, 2.75) is 49.8 Å². The molecule has 0 radical (unpaired) electrons. The zero-order valence-electron chi connectivity index (χ0n) is 13.4. The molecule has 0 unspecified atom stereocenters. The van der Waals surface area contributed by atoms with Crippen LogP contribution in [0.4, 0.5) is 0 Å². The highest BCUT2D eigenvalue weighted by atomic mass is 32.2. The molecule has 0 bridgehead atoms. The number of hydrogen-bond donors (Lipinski definition) is 1. The maximum Gasteiger partial charge on any atom is 0.251 e. The molecule has 0 aromatic heterocycles. The summed E-state index contributed by atoms with van der Waals surface area (Å²) in [4.78, 5) is 12.3. The van der Waals surface area contributed by atoms with Gasteiger partial charge in [0.05, 0.1) is 17.1 Å². The summed E-state index contributed by atoms with van der Waals surface area (Å²) in [6.07, 6.45) is 1.70. The van der Waals surface area contributed by atoms with E-state index in [1.54, 1.807) is 12.1 Å². The number of rotatable bonds is 4. The molecule has 1 saturated heterocycles. The largest absolute Gasteiger partial charge is 0.373 e. The molecule has 23 heavy (non-hydrogen) atoms. The number of ether oxygens (including phenoxy) is 1. The Labute approximate surface area is 136 Å². The molecule has 0 spiro atoms. The number of morpholine rings is 1. The van der Waals surface area contributed by atoms with E-state index in [1.165, 1.54) is 16.4 Å². The van der Waals surface area contributed by atoms with Crippen molar-refractivity contribution in [2.24, 2.45) is 0 Å². The molecule has 2 fully saturated rings. The zero-order valence-corrected chi connectivity index (χ0v) is 14.2. The zero-order chi connectivity index (χ0) is 16.6. The molecule has 1 aromatic carbocycles. The first-order valence-corrected chi connectivity index (χ1v) is 9.37. The lowest BCUT2D eigenvalue weighted by atomic mass is 10.2. The first-order chi connectivity index (χ1) is 10.9. The van der Waals surface area contributed by atoms with Gasteiger partial charge in [-0.25, -0.2) is 8.42 Å². The highest BCUT2D eigenvalue weighted by Gasteiger charge is 2.32. The Kier molecular flexibility index (Phi) is 4.44. The number of sulfonamides is 1. The number of carbonyl (C=O) groups is 1. The summed E-state index contributed by atoms with van der Waals surface area (Å²) < 4.78 is 32.7.